The molecule has 0 bridgehead atoms. The molecule has 1 rings (SSSR count). The first-order valence-corrected chi connectivity index (χ1v) is 6.20. The van der Waals surface area contributed by atoms with Crippen molar-refractivity contribution in [3.63, 3.8) is 0 Å². The zero-order chi connectivity index (χ0) is 11.3. The summed E-state index contributed by atoms with van der Waals surface area (Å²) in [5.41, 5.74) is 6.17. The molecule has 1 aliphatic heterocycles. The highest BCUT2D eigenvalue weighted by Crippen LogP contribution is 2.24. The standard InChI is InChI=1S/C12H26N2O/c1-4-5-6-11(13)9-14-12(3)7-8-15-10(12)2/h10-11,14H,4-9,13H2,1-3H3. The Balaban J connectivity index is 2.23. The molecule has 1 saturated heterocycles. The minimum atomic E-state index is 0.129. The lowest BCUT2D eigenvalue weighted by Crippen LogP contribution is -2.51. The Morgan fingerprint density at radius 1 is 1.60 bits per heavy atom. The summed E-state index contributed by atoms with van der Waals surface area (Å²) in [7, 11) is 0. The molecule has 3 atom stereocenters. The first-order valence-electron chi connectivity index (χ1n) is 6.20. The molecule has 3 unspecified atom stereocenters. The third-order valence-electron chi connectivity index (χ3n) is 3.58. The van der Waals surface area contributed by atoms with E-state index in [1.54, 1.807) is 0 Å². The maximum absolute atomic E-state index is 6.04. The van der Waals surface area contributed by atoms with Crippen molar-refractivity contribution in [2.24, 2.45) is 5.73 Å². The molecule has 0 aromatic rings. The normalized spacial score (nSPS) is 33.2. The van der Waals surface area contributed by atoms with E-state index in [4.69, 9.17) is 10.5 Å². The molecule has 0 aromatic carbocycles. The number of nitrogens with one attached hydrogen (secondary N) is 1. The molecule has 3 nitrogen and oxygen atoms in total. The molecule has 1 heterocycles. The Morgan fingerprint density at radius 3 is 2.87 bits per heavy atom. The summed E-state index contributed by atoms with van der Waals surface area (Å²) in [5, 5.41) is 3.57. The number of hydrogen-bond donors (Lipinski definition) is 2. The number of unbranched alkanes of at least 4 members (excludes halogenated alkanes) is 1. The van der Waals surface area contributed by atoms with Crippen LogP contribution in [0, 0.1) is 0 Å². The molecule has 3 N–H and O–H groups in total. The van der Waals surface area contributed by atoms with Gasteiger partial charge in [0.15, 0.2) is 0 Å². The van der Waals surface area contributed by atoms with E-state index in [1.165, 1.54) is 12.8 Å². The lowest BCUT2D eigenvalue weighted by molar-refractivity contribution is 0.0881. The molecule has 90 valence electrons. The van der Waals surface area contributed by atoms with Crippen LogP contribution in [0.1, 0.15) is 46.5 Å². The van der Waals surface area contributed by atoms with Crippen LogP contribution in [0.2, 0.25) is 0 Å². The summed E-state index contributed by atoms with van der Waals surface area (Å²) in [6.07, 6.45) is 4.97. The Hall–Kier alpha value is -0.120. The maximum atomic E-state index is 6.04. The van der Waals surface area contributed by atoms with Gasteiger partial charge in [0.1, 0.15) is 0 Å². The van der Waals surface area contributed by atoms with Crippen LogP contribution < -0.4 is 11.1 Å². The van der Waals surface area contributed by atoms with Gasteiger partial charge in [0, 0.05) is 24.7 Å². The SMILES string of the molecule is CCCCC(N)CNC1(C)CCOC1C. The van der Waals surface area contributed by atoms with Gasteiger partial charge in [-0.25, -0.2) is 0 Å². The van der Waals surface area contributed by atoms with E-state index in [0.29, 0.717) is 6.10 Å². The van der Waals surface area contributed by atoms with Crippen molar-refractivity contribution in [2.45, 2.75) is 64.1 Å². The van der Waals surface area contributed by atoms with Crippen LogP contribution in [0.25, 0.3) is 0 Å². The molecule has 1 fully saturated rings. The maximum Gasteiger partial charge on any atom is 0.0726 e. The van der Waals surface area contributed by atoms with E-state index in [1.807, 2.05) is 0 Å². The van der Waals surface area contributed by atoms with Gasteiger partial charge in [-0.3, -0.25) is 0 Å². The minimum absolute atomic E-state index is 0.129. The van der Waals surface area contributed by atoms with Crippen molar-refractivity contribution in [2.75, 3.05) is 13.2 Å². The highest BCUT2D eigenvalue weighted by atomic mass is 16.5. The van der Waals surface area contributed by atoms with Gasteiger partial charge < -0.3 is 15.8 Å². The smallest absolute Gasteiger partial charge is 0.0726 e. The fourth-order valence-electron chi connectivity index (χ4n) is 2.00. The van der Waals surface area contributed by atoms with Crippen LogP contribution in [-0.4, -0.2) is 30.8 Å². The Kier molecular flexibility index (Phi) is 5.03. The molecule has 0 saturated carbocycles. The molecule has 3 heteroatoms. The van der Waals surface area contributed by atoms with Gasteiger partial charge in [-0.15, -0.1) is 0 Å². The first kappa shape index (κ1) is 12.9. The highest BCUT2D eigenvalue weighted by molar-refractivity contribution is 4.94. The number of ether oxygens (including phenoxy) is 1. The van der Waals surface area contributed by atoms with Gasteiger partial charge in [-0.2, -0.15) is 0 Å². The van der Waals surface area contributed by atoms with Crippen molar-refractivity contribution in [1.82, 2.24) is 5.32 Å². The van der Waals surface area contributed by atoms with E-state index < -0.39 is 0 Å². The second kappa shape index (κ2) is 5.83. The van der Waals surface area contributed by atoms with Gasteiger partial charge >= 0.3 is 0 Å². The first-order chi connectivity index (χ1) is 7.08. The van der Waals surface area contributed by atoms with Gasteiger partial charge in [-0.05, 0) is 26.7 Å². The Labute approximate surface area is 93.8 Å². The fraction of sp³-hybridized carbons (Fsp3) is 1.00. The predicted molar refractivity (Wildman–Crippen MR) is 63.9 cm³/mol. The van der Waals surface area contributed by atoms with Crippen molar-refractivity contribution >= 4 is 0 Å². The molecule has 0 amide bonds. The molecule has 0 aliphatic carbocycles. The monoisotopic (exact) mass is 214 g/mol. The van der Waals surface area contributed by atoms with E-state index in [0.717, 1.165) is 26.0 Å². The summed E-state index contributed by atoms with van der Waals surface area (Å²) < 4.78 is 5.58. The quantitative estimate of drug-likeness (QED) is 0.707. The second-order valence-electron chi connectivity index (χ2n) is 4.96. The Bertz CT molecular complexity index is 186. The fourth-order valence-corrected chi connectivity index (χ4v) is 2.00. The molecular weight excluding hydrogens is 188 g/mol. The molecular formula is C12H26N2O. The molecule has 15 heavy (non-hydrogen) atoms. The summed E-state index contributed by atoms with van der Waals surface area (Å²) in [4.78, 5) is 0. The minimum Gasteiger partial charge on any atom is -0.377 e. The number of hydrogen-bond acceptors (Lipinski definition) is 3. The zero-order valence-electron chi connectivity index (χ0n) is 10.4. The van der Waals surface area contributed by atoms with Crippen molar-refractivity contribution in [3.05, 3.63) is 0 Å². The van der Waals surface area contributed by atoms with Crippen LogP contribution in [0.3, 0.4) is 0 Å². The summed E-state index contributed by atoms with van der Waals surface area (Å²) in [5.74, 6) is 0. The van der Waals surface area contributed by atoms with Crippen LogP contribution >= 0.6 is 0 Å². The largest absolute Gasteiger partial charge is 0.377 e. The van der Waals surface area contributed by atoms with Crippen molar-refractivity contribution < 1.29 is 4.74 Å². The van der Waals surface area contributed by atoms with Crippen LogP contribution in [0.15, 0.2) is 0 Å². The third kappa shape index (κ3) is 3.74. The Morgan fingerprint density at radius 2 is 2.33 bits per heavy atom. The zero-order valence-corrected chi connectivity index (χ0v) is 10.4. The highest BCUT2D eigenvalue weighted by Gasteiger charge is 2.36. The average Bonchev–Trinajstić information content (AvgIpc) is 2.54. The molecule has 0 radical (unpaired) electrons. The van der Waals surface area contributed by atoms with E-state index >= 15 is 0 Å². The van der Waals surface area contributed by atoms with E-state index in [-0.39, 0.29) is 11.6 Å². The van der Waals surface area contributed by atoms with Gasteiger partial charge in [-0.1, -0.05) is 19.8 Å². The average molecular weight is 214 g/mol. The second-order valence-corrected chi connectivity index (χ2v) is 4.96. The van der Waals surface area contributed by atoms with Crippen LogP contribution in [0.5, 0.6) is 0 Å². The van der Waals surface area contributed by atoms with Crippen LogP contribution in [-0.2, 0) is 4.74 Å². The van der Waals surface area contributed by atoms with E-state index in [2.05, 4.69) is 26.1 Å². The molecule has 0 spiro atoms. The van der Waals surface area contributed by atoms with Crippen molar-refractivity contribution in [1.29, 1.82) is 0 Å². The number of nitrogens with two attached hydrogens (primary N) is 1. The lowest BCUT2D eigenvalue weighted by Gasteiger charge is -2.30. The van der Waals surface area contributed by atoms with Gasteiger partial charge in [0.25, 0.3) is 0 Å². The lowest BCUT2D eigenvalue weighted by atomic mass is 9.94. The molecule has 1 aliphatic rings. The topological polar surface area (TPSA) is 47.3 Å². The predicted octanol–water partition coefficient (Wildman–Crippen LogP) is 1.66. The summed E-state index contributed by atoms with van der Waals surface area (Å²) >= 11 is 0. The summed E-state index contributed by atoms with van der Waals surface area (Å²) in [6.45, 7) is 8.35. The molecule has 0 aromatic heterocycles. The summed E-state index contributed by atoms with van der Waals surface area (Å²) in [6, 6.07) is 0.287. The van der Waals surface area contributed by atoms with Gasteiger partial charge in [0.05, 0.1) is 6.10 Å². The van der Waals surface area contributed by atoms with Crippen LogP contribution in [0.4, 0.5) is 0 Å². The van der Waals surface area contributed by atoms with Gasteiger partial charge in [0.2, 0.25) is 0 Å². The van der Waals surface area contributed by atoms with E-state index in [9.17, 15) is 0 Å². The number of rotatable bonds is 6. The van der Waals surface area contributed by atoms with Crippen molar-refractivity contribution in [3.8, 4) is 0 Å². The third-order valence-corrected chi connectivity index (χ3v) is 3.58.